The molecule has 1 saturated heterocycles. The fourth-order valence-electron chi connectivity index (χ4n) is 3.04. The quantitative estimate of drug-likeness (QED) is 0.788. The molecule has 0 radical (unpaired) electrons. The second-order valence-corrected chi connectivity index (χ2v) is 7.97. The van der Waals surface area contributed by atoms with Crippen molar-refractivity contribution in [1.29, 1.82) is 0 Å². The highest BCUT2D eigenvalue weighted by molar-refractivity contribution is 5.92. The van der Waals surface area contributed by atoms with Crippen LogP contribution in [0.3, 0.4) is 0 Å². The van der Waals surface area contributed by atoms with Crippen LogP contribution in [0.4, 0.5) is 15.3 Å². The number of hydrogen-bond donors (Lipinski definition) is 2. The van der Waals surface area contributed by atoms with Crippen molar-refractivity contribution in [3.63, 3.8) is 0 Å². The minimum absolute atomic E-state index is 0.206. The van der Waals surface area contributed by atoms with E-state index in [0.29, 0.717) is 31.6 Å². The van der Waals surface area contributed by atoms with Gasteiger partial charge in [-0.2, -0.15) is 0 Å². The van der Waals surface area contributed by atoms with E-state index in [2.05, 4.69) is 10.3 Å². The van der Waals surface area contributed by atoms with Gasteiger partial charge in [-0.15, -0.1) is 0 Å². The van der Waals surface area contributed by atoms with Gasteiger partial charge in [0.2, 0.25) is 5.43 Å². The lowest BCUT2D eigenvalue weighted by atomic mass is 10.1. The molecule has 0 spiro atoms. The fraction of sp³-hybridized carbons (Fsp3) is 0.450. The summed E-state index contributed by atoms with van der Waals surface area (Å²) in [6.07, 6.45) is 1.13. The van der Waals surface area contributed by atoms with Gasteiger partial charge in [0.1, 0.15) is 11.3 Å². The average molecular weight is 386 g/mol. The molecule has 2 aromatic rings. The number of pyridine rings is 1. The topological polar surface area (TPSA) is 94.7 Å². The normalized spacial score (nSPS) is 14.9. The van der Waals surface area contributed by atoms with E-state index in [1.54, 1.807) is 15.9 Å². The third-order valence-corrected chi connectivity index (χ3v) is 4.50. The molecular formula is C20H26N4O4. The van der Waals surface area contributed by atoms with Crippen molar-refractivity contribution in [2.45, 2.75) is 33.3 Å². The number of nitrogens with one attached hydrogen (secondary N) is 2. The summed E-state index contributed by atoms with van der Waals surface area (Å²) in [7, 11) is 0. The van der Waals surface area contributed by atoms with Crippen molar-refractivity contribution < 1.29 is 14.3 Å². The number of aryl methyl sites for hydroxylation is 1. The Labute approximate surface area is 163 Å². The number of carbonyl (C=O) groups is 2. The van der Waals surface area contributed by atoms with E-state index < -0.39 is 5.60 Å². The maximum Gasteiger partial charge on any atom is 0.410 e. The Balaban J connectivity index is 1.64. The molecule has 1 fully saturated rings. The van der Waals surface area contributed by atoms with Crippen LogP contribution in [-0.2, 0) is 4.74 Å². The van der Waals surface area contributed by atoms with Gasteiger partial charge >= 0.3 is 12.1 Å². The first-order valence-corrected chi connectivity index (χ1v) is 9.30. The number of aromatic nitrogens is 1. The molecule has 0 saturated carbocycles. The molecule has 3 amide bonds. The Kier molecular flexibility index (Phi) is 5.31. The van der Waals surface area contributed by atoms with Crippen LogP contribution in [-0.4, -0.2) is 58.7 Å². The molecule has 0 aliphatic carbocycles. The van der Waals surface area contributed by atoms with E-state index in [9.17, 15) is 14.4 Å². The Morgan fingerprint density at radius 1 is 1.11 bits per heavy atom. The van der Waals surface area contributed by atoms with Crippen molar-refractivity contribution in [3.8, 4) is 0 Å². The van der Waals surface area contributed by atoms with Crippen LogP contribution in [0, 0.1) is 6.92 Å². The van der Waals surface area contributed by atoms with Gasteiger partial charge in [-0.3, -0.25) is 4.79 Å². The van der Waals surface area contributed by atoms with Crippen LogP contribution in [0.5, 0.6) is 0 Å². The number of rotatable bonds is 1. The van der Waals surface area contributed by atoms with Gasteiger partial charge in [-0.05, 0) is 39.8 Å². The standard InChI is InChI=1S/C20H26N4O4/c1-13-5-6-15-14(11-13)17(25)16(12-21-15)22-18(26)23-7-9-24(10-8-23)19(27)28-20(2,3)4/h5-6,11-12H,7-10H2,1-4H3,(H,21,25)(H,22,26). The number of anilines is 1. The minimum Gasteiger partial charge on any atom is -0.444 e. The molecule has 28 heavy (non-hydrogen) atoms. The first-order valence-electron chi connectivity index (χ1n) is 9.30. The van der Waals surface area contributed by atoms with Gasteiger partial charge < -0.3 is 24.8 Å². The van der Waals surface area contributed by atoms with Crippen LogP contribution < -0.4 is 10.7 Å². The Morgan fingerprint density at radius 2 is 1.75 bits per heavy atom. The SMILES string of the molecule is Cc1ccc2[nH]cc(NC(=O)N3CCN(C(=O)OC(C)(C)C)CC3)c(=O)c2c1. The van der Waals surface area contributed by atoms with Crippen molar-refractivity contribution in [2.75, 3.05) is 31.5 Å². The van der Waals surface area contributed by atoms with Crippen molar-refractivity contribution >= 4 is 28.7 Å². The predicted molar refractivity (Wildman–Crippen MR) is 108 cm³/mol. The molecule has 2 heterocycles. The fourth-order valence-corrected chi connectivity index (χ4v) is 3.04. The second kappa shape index (κ2) is 7.53. The summed E-state index contributed by atoms with van der Waals surface area (Å²) >= 11 is 0. The lowest BCUT2D eigenvalue weighted by Crippen LogP contribution is -2.52. The maximum atomic E-state index is 12.7. The van der Waals surface area contributed by atoms with E-state index in [4.69, 9.17) is 4.74 Å². The highest BCUT2D eigenvalue weighted by Crippen LogP contribution is 2.14. The zero-order valence-corrected chi connectivity index (χ0v) is 16.7. The summed E-state index contributed by atoms with van der Waals surface area (Å²) in [6, 6.07) is 5.19. The number of urea groups is 1. The number of benzene rings is 1. The highest BCUT2D eigenvalue weighted by Gasteiger charge is 2.28. The van der Waals surface area contributed by atoms with Crippen molar-refractivity contribution in [3.05, 3.63) is 40.2 Å². The third-order valence-electron chi connectivity index (χ3n) is 4.50. The number of aromatic amines is 1. The smallest absolute Gasteiger partial charge is 0.410 e. The van der Waals surface area contributed by atoms with Gasteiger partial charge in [-0.25, -0.2) is 9.59 Å². The Bertz CT molecular complexity index is 953. The predicted octanol–water partition coefficient (Wildman–Crippen LogP) is 2.92. The van der Waals surface area contributed by atoms with Crippen molar-refractivity contribution in [2.24, 2.45) is 0 Å². The van der Waals surface area contributed by atoms with Gasteiger partial charge in [0.05, 0.1) is 0 Å². The molecule has 150 valence electrons. The maximum absolute atomic E-state index is 12.7. The molecule has 1 aliphatic rings. The number of carbonyl (C=O) groups excluding carboxylic acids is 2. The summed E-state index contributed by atoms with van der Waals surface area (Å²) in [4.78, 5) is 43.5. The minimum atomic E-state index is -0.555. The average Bonchev–Trinajstić information content (AvgIpc) is 2.63. The second-order valence-electron chi connectivity index (χ2n) is 7.97. The van der Waals surface area contributed by atoms with Crippen LogP contribution in [0.2, 0.25) is 0 Å². The van der Waals surface area contributed by atoms with Crippen LogP contribution in [0.15, 0.2) is 29.2 Å². The molecule has 2 N–H and O–H groups in total. The van der Waals surface area contributed by atoms with Gasteiger partial charge in [0.15, 0.2) is 0 Å². The Hall–Kier alpha value is -3.03. The highest BCUT2D eigenvalue weighted by atomic mass is 16.6. The summed E-state index contributed by atoms with van der Waals surface area (Å²) in [5.41, 5.74) is 1.12. The van der Waals surface area contributed by atoms with E-state index in [1.165, 1.54) is 6.20 Å². The molecule has 8 nitrogen and oxygen atoms in total. The molecule has 3 rings (SSSR count). The molecule has 1 aromatic heterocycles. The van der Waals surface area contributed by atoms with E-state index in [-0.39, 0.29) is 23.2 Å². The number of nitrogens with zero attached hydrogens (tertiary/aromatic N) is 2. The van der Waals surface area contributed by atoms with E-state index >= 15 is 0 Å². The van der Waals surface area contributed by atoms with Gasteiger partial charge in [0.25, 0.3) is 0 Å². The van der Waals surface area contributed by atoms with Crippen LogP contribution in [0.25, 0.3) is 10.9 Å². The summed E-state index contributed by atoms with van der Waals surface area (Å²) in [6.45, 7) is 8.87. The molecule has 0 atom stereocenters. The number of piperazine rings is 1. The number of ether oxygens (including phenoxy) is 1. The Morgan fingerprint density at radius 3 is 2.39 bits per heavy atom. The summed E-state index contributed by atoms with van der Waals surface area (Å²) in [5, 5.41) is 3.22. The molecule has 8 heteroatoms. The lowest BCUT2D eigenvalue weighted by molar-refractivity contribution is 0.0174. The lowest BCUT2D eigenvalue weighted by Gasteiger charge is -2.35. The van der Waals surface area contributed by atoms with Crippen molar-refractivity contribution in [1.82, 2.24) is 14.8 Å². The van der Waals surface area contributed by atoms with E-state index in [1.807, 2.05) is 39.8 Å². The molecular weight excluding hydrogens is 360 g/mol. The molecule has 1 aliphatic heterocycles. The van der Waals surface area contributed by atoms with Crippen LogP contribution >= 0.6 is 0 Å². The molecule has 1 aromatic carbocycles. The van der Waals surface area contributed by atoms with Crippen LogP contribution in [0.1, 0.15) is 26.3 Å². The zero-order chi connectivity index (χ0) is 20.5. The number of amides is 3. The first-order chi connectivity index (χ1) is 13.1. The number of H-pyrrole nitrogens is 1. The zero-order valence-electron chi connectivity index (χ0n) is 16.7. The first kappa shape index (κ1) is 19.7. The van der Waals surface area contributed by atoms with E-state index in [0.717, 1.165) is 11.1 Å². The number of hydrogen-bond acceptors (Lipinski definition) is 4. The van der Waals surface area contributed by atoms with Gasteiger partial charge in [-0.1, -0.05) is 11.6 Å². The number of fused-ring (bicyclic) bond motifs is 1. The monoisotopic (exact) mass is 386 g/mol. The summed E-state index contributed by atoms with van der Waals surface area (Å²) < 4.78 is 5.36. The largest absolute Gasteiger partial charge is 0.444 e. The molecule has 0 unspecified atom stereocenters. The summed E-state index contributed by atoms with van der Waals surface area (Å²) in [5.74, 6) is 0. The van der Waals surface area contributed by atoms with Gasteiger partial charge in [0, 0.05) is 43.3 Å². The molecule has 0 bridgehead atoms. The third kappa shape index (κ3) is 4.44.